The Bertz CT molecular complexity index is 512. The minimum atomic E-state index is -0.466. The van der Waals surface area contributed by atoms with E-state index in [0.29, 0.717) is 19.6 Å². The highest BCUT2D eigenvalue weighted by Crippen LogP contribution is 2.35. The molecule has 1 aliphatic rings. The van der Waals surface area contributed by atoms with Crippen LogP contribution >= 0.6 is 0 Å². The van der Waals surface area contributed by atoms with Crippen LogP contribution < -0.4 is 0 Å². The van der Waals surface area contributed by atoms with Crippen LogP contribution in [0.4, 0.5) is 0 Å². The van der Waals surface area contributed by atoms with Gasteiger partial charge in [0.2, 0.25) is 0 Å². The number of unbranched alkanes of at least 4 members (excludes halogenated alkanes) is 2. The second-order valence-corrected chi connectivity index (χ2v) is 7.05. The predicted molar refractivity (Wildman–Crippen MR) is 97.7 cm³/mol. The number of allylic oxidation sites excluding steroid dienone is 2. The summed E-state index contributed by atoms with van der Waals surface area (Å²) in [5, 5.41) is 20.5. The fraction of sp³-hybridized carbons (Fsp3) is 0.619. The van der Waals surface area contributed by atoms with Crippen molar-refractivity contribution < 1.29 is 14.9 Å². The molecular weight excluding hydrogens is 300 g/mol. The van der Waals surface area contributed by atoms with E-state index in [1.165, 1.54) is 18.4 Å². The summed E-state index contributed by atoms with van der Waals surface area (Å²) >= 11 is 0. The van der Waals surface area contributed by atoms with Crippen molar-refractivity contribution in [3.05, 3.63) is 47.5 Å². The summed E-state index contributed by atoms with van der Waals surface area (Å²) in [6.45, 7) is 5.31. The summed E-state index contributed by atoms with van der Waals surface area (Å²) in [6, 6.07) is 8.28. The lowest BCUT2D eigenvalue weighted by molar-refractivity contribution is 0.0175. The summed E-state index contributed by atoms with van der Waals surface area (Å²) in [5.41, 5.74) is 2.38. The van der Waals surface area contributed by atoms with Crippen LogP contribution in [-0.4, -0.2) is 29.0 Å². The molecule has 0 bridgehead atoms. The number of aryl methyl sites for hydroxylation is 1. The number of rotatable bonds is 9. The van der Waals surface area contributed by atoms with E-state index in [-0.39, 0.29) is 11.8 Å². The molecule has 4 atom stereocenters. The summed E-state index contributed by atoms with van der Waals surface area (Å²) in [7, 11) is 0. The zero-order valence-corrected chi connectivity index (χ0v) is 15.0. The van der Waals surface area contributed by atoms with E-state index in [4.69, 9.17) is 4.74 Å². The van der Waals surface area contributed by atoms with E-state index < -0.39 is 12.2 Å². The van der Waals surface area contributed by atoms with Gasteiger partial charge < -0.3 is 14.9 Å². The van der Waals surface area contributed by atoms with E-state index in [9.17, 15) is 10.2 Å². The predicted octanol–water partition coefficient (Wildman–Crippen LogP) is 4.01. The topological polar surface area (TPSA) is 49.7 Å². The molecule has 1 aromatic rings. The van der Waals surface area contributed by atoms with Crippen LogP contribution in [0.5, 0.6) is 0 Å². The van der Waals surface area contributed by atoms with Crippen molar-refractivity contribution in [3.63, 3.8) is 0 Å². The maximum absolute atomic E-state index is 10.2. The fourth-order valence-corrected chi connectivity index (χ4v) is 3.54. The molecule has 1 aliphatic carbocycles. The quantitative estimate of drug-likeness (QED) is 0.531. The Morgan fingerprint density at radius 1 is 1.17 bits per heavy atom. The average Bonchev–Trinajstić information content (AvgIpc) is 2.81. The number of ether oxygens (including phenoxy) is 1. The van der Waals surface area contributed by atoms with Crippen molar-refractivity contribution in [1.29, 1.82) is 0 Å². The Morgan fingerprint density at radius 2 is 1.96 bits per heavy atom. The standard InChI is InChI=1S/C21H32O3/c1-3-4-5-6-7-11-18-19(21(23)13-20(18)22)15-24-14-17-10-8-9-16(2)12-17/h6-10,12,18-23H,3-5,11,13-15H2,1-2H3/b7-6-. The maximum Gasteiger partial charge on any atom is 0.0717 e. The molecule has 0 aromatic heterocycles. The third kappa shape index (κ3) is 5.73. The van der Waals surface area contributed by atoms with E-state index in [0.717, 1.165) is 18.4 Å². The molecule has 1 fully saturated rings. The Hall–Kier alpha value is -1.16. The van der Waals surface area contributed by atoms with E-state index in [2.05, 4.69) is 44.2 Å². The minimum Gasteiger partial charge on any atom is -0.393 e. The monoisotopic (exact) mass is 332 g/mol. The van der Waals surface area contributed by atoms with Crippen molar-refractivity contribution in [1.82, 2.24) is 0 Å². The van der Waals surface area contributed by atoms with Crippen LogP contribution in [-0.2, 0) is 11.3 Å². The largest absolute Gasteiger partial charge is 0.393 e. The van der Waals surface area contributed by atoms with Crippen molar-refractivity contribution >= 4 is 0 Å². The SMILES string of the molecule is CCCC/C=C\CC1C(O)CC(O)C1COCc1cccc(C)c1. The Morgan fingerprint density at radius 3 is 2.71 bits per heavy atom. The number of hydrogen-bond donors (Lipinski definition) is 2. The lowest BCUT2D eigenvalue weighted by Crippen LogP contribution is -2.26. The number of aliphatic hydroxyl groups excluding tert-OH is 2. The van der Waals surface area contributed by atoms with Gasteiger partial charge in [-0.15, -0.1) is 0 Å². The molecule has 0 aliphatic heterocycles. The molecule has 3 nitrogen and oxygen atoms in total. The molecule has 24 heavy (non-hydrogen) atoms. The molecule has 3 heteroatoms. The molecule has 134 valence electrons. The maximum atomic E-state index is 10.2. The molecular formula is C21H32O3. The van der Waals surface area contributed by atoms with Gasteiger partial charge in [-0.3, -0.25) is 0 Å². The molecule has 1 saturated carbocycles. The molecule has 2 rings (SSSR count). The van der Waals surface area contributed by atoms with Crippen LogP contribution in [0, 0.1) is 18.8 Å². The van der Waals surface area contributed by atoms with Gasteiger partial charge in [0.15, 0.2) is 0 Å². The molecule has 0 spiro atoms. The number of benzene rings is 1. The molecule has 0 radical (unpaired) electrons. The third-order valence-corrected chi connectivity index (χ3v) is 4.98. The van der Waals surface area contributed by atoms with Crippen LogP contribution in [0.2, 0.25) is 0 Å². The zero-order chi connectivity index (χ0) is 17.4. The highest BCUT2D eigenvalue weighted by atomic mass is 16.5. The summed E-state index contributed by atoms with van der Waals surface area (Å²) in [6.07, 6.45) is 8.25. The second-order valence-electron chi connectivity index (χ2n) is 7.05. The van der Waals surface area contributed by atoms with Crippen LogP contribution in [0.15, 0.2) is 36.4 Å². The Balaban J connectivity index is 1.82. The van der Waals surface area contributed by atoms with Gasteiger partial charge in [0, 0.05) is 5.92 Å². The van der Waals surface area contributed by atoms with Gasteiger partial charge in [-0.05, 0) is 37.7 Å². The molecule has 4 unspecified atom stereocenters. The fourth-order valence-electron chi connectivity index (χ4n) is 3.54. The first-order chi connectivity index (χ1) is 11.6. The average molecular weight is 332 g/mol. The summed E-state index contributed by atoms with van der Waals surface area (Å²) < 4.78 is 5.86. The Kier molecular flexibility index (Phi) is 7.97. The van der Waals surface area contributed by atoms with Gasteiger partial charge in [0.05, 0.1) is 25.4 Å². The van der Waals surface area contributed by atoms with Crippen molar-refractivity contribution in [3.8, 4) is 0 Å². The highest BCUT2D eigenvalue weighted by molar-refractivity contribution is 5.21. The van der Waals surface area contributed by atoms with Gasteiger partial charge in [0.1, 0.15) is 0 Å². The van der Waals surface area contributed by atoms with E-state index >= 15 is 0 Å². The number of aliphatic hydroxyl groups is 2. The molecule has 0 heterocycles. The first-order valence-corrected chi connectivity index (χ1v) is 9.26. The van der Waals surface area contributed by atoms with Crippen molar-refractivity contribution in [2.45, 2.75) is 64.8 Å². The second kappa shape index (κ2) is 9.97. The van der Waals surface area contributed by atoms with E-state index in [1.54, 1.807) is 0 Å². The lowest BCUT2D eigenvalue weighted by atomic mass is 9.91. The van der Waals surface area contributed by atoms with Gasteiger partial charge in [-0.2, -0.15) is 0 Å². The molecule has 1 aromatic carbocycles. The number of hydrogen-bond acceptors (Lipinski definition) is 3. The first kappa shape index (κ1) is 19.2. The van der Waals surface area contributed by atoms with E-state index in [1.807, 2.05) is 6.07 Å². The summed E-state index contributed by atoms with van der Waals surface area (Å²) in [5.74, 6) is 0.107. The third-order valence-electron chi connectivity index (χ3n) is 4.98. The zero-order valence-electron chi connectivity index (χ0n) is 15.0. The van der Waals surface area contributed by atoms with Crippen LogP contribution in [0.3, 0.4) is 0 Å². The minimum absolute atomic E-state index is 0.0145. The van der Waals surface area contributed by atoms with Gasteiger partial charge >= 0.3 is 0 Å². The summed E-state index contributed by atoms with van der Waals surface area (Å²) in [4.78, 5) is 0. The first-order valence-electron chi connectivity index (χ1n) is 9.26. The van der Waals surface area contributed by atoms with Gasteiger partial charge in [-0.25, -0.2) is 0 Å². The Labute approximate surface area is 146 Å². The lowest BCUT2D eigenvalue weighted by Gasteiger charge is -2.22. The van der Waals surface area contributed by atoms with Crippen LogP contribution in [0.1, 0.15) is 50.2 Å². The van der Waals surface area contributed by atoms with Crippen molar-refractivity contribution in [2.75, 3.05) is 6.61 Å². The van der Waals surface area contributed by atoms with Gasteiger partial charge in [0.25, 0.3) is 0 Å². The normalized spacial score (nSPS) is 27.2. The van der Waals surface area contributed by atoms with Crippen LogP contribution in [0.25, 0.3) is 0 Å². The van der Waals surface area contributed by atoms with Crippen molar-refractivity contribution in [2.24, 2.45) is 11.8 Å². The molecule has 2 N–H and O–H groups in total. The molecule has 0 amide bonds. The smallest absolute Gasteiger partial charge is 0.0717 e. The molecule has 0 saturated heterocycles. The van der Waals surface area contributed by atoms with Gasteiger partial charge in [-0.1, -0.05) is 61.7 Å². The highest BCUT2D eigenvalue weighted by Gasteiger charge is 2.40.